The molecule has 1 aliphatic rings. The summed E-state index contributed by atoms with van der Waals surface area (Å²) < 4.78 is 5.85. The number of benzene rings is 1. The van der Waals surface area contributed by atoms with Crippen LogP contribution in [0.2, 0.25) is 0 Å². The van der Waals surface area contributed by atoms with Crippen molar-refractivity contribution in [1.82, 2.24) is 15.2 Å². The van der Waals surface area contributed by atoms with E-state index in [1.165, 1.54) is 42.4 Å². The van der Waals surface area contributed by atoms with Crippen molar-refractivity contribution in [3.8, 4) is 5.75 Å². The zero-order valence-electron chi connectivity index (χ0n) is 16.9. The Bertz CT molecular complexity index is 714. The molecule has 152 valence electrons. The second kappa shape index (κ2) is 11.1. The number of nitrogens with zero attached hydrogens (tertiary/aromatic N) is 2. The number of nitrogens with one attached hydrogen (secondary N) is 1. The van der Waals surface area contributed by atoms with Crippen LogP contribution in [0.5, 0.6) is 5.75 Å². The van der Waals surface area contributed by atoms with Crippen LogP contribution >= 0.6 is 0 Å². The number of pyridine rings is 1. The molecule has 0 saturated carbocycles. The predicted octanol–water partition coefficient (Wildman–Crippen LogP) is 3.30. The number of aliphatic hydroxyl groups excluding tert-OH is 1. The zero-order valence-corrected chi connectivity index (χ0v) is 16.9. The summed E-state index contributed by atoms with van der Waals surface area (Å²) in [6.45, 7) is 6.89. The van der Waals surface area contributed by atoms with Crippen LogP contribution < -0.4 is 10.1 Å². The summed E-state index contributed by atoms with van der Waals surface area (Å²) in [6.07, 6.45) is 8.37. The Kier molecular flexibility index (Phi) is 8.27. The summed E-state index contributed by atoms with van der Waals surface area (Å²) in [7, 11) is 0. The largest absolute Gasteiger partial charge is 0.491 e. The van der Waals surface area contributed by atoms with Crippen LogP contribution in [0.3, 0.4) is 0 Å². The van der Waals surface area contributed by atoms with E-state index in [1.807, 2.05) is 36.7 Å². The minimum atomic E-state index is -0.449. The van der Waals surface area contributed by atoms with Crippen molar-refractivity contribution in [3.05, 3.63) is 59.4 Å². The Morgan fingerprint density at radius 2 is 1.96 bits per heavy atom. The summed E-state index contributed by atoms with van der Waals surface area (Å²) in [5.41, 5.74) is 3.63. The van der Waals surface area contributed by atoms with E-state index in [4.69, 9.17) is 4.74 Å². The quantitative estimate of drug-likeness (QED) is 0.696. The van der Waals surface area contributed by atoms with Gasteiger partial charge in [0.05, 0.1) is 0 Å². The van der Waals surface area contributed by atoms with Gasteiger partial charge in [-0.2, -0.15) is 0 Å². The highest BCUT2D eigenvalue weighted by atomic mass is 16.5. The standard InChI is InChI=1S/C23H33N3O2/c1-19-14-24-10-9-21(19)16-25-15-20-7-6-8-23(13-20)28-18-22(27)17-26-11-4-2-3-5-12-26/h6-10,13-14,22,25,27H,2-5,11-12,15-18H2,1H3. The van der Waals surface area contributed by atoms with Gasteiger partial charge < -0.3 is 20.1 Å². The normalized spacial score (nSPS) is 16.5. The molecule has 1 aromatic heterocycles. The maximum absolute atomic E-state index is 10.3. The predicted molar refractivity (Wildman–Crippen MR) is 112 cm³/mol. The second-order valence-corrected chi connectivity index (χ2v) is 7.73. The second-order valence-electron chi connectivity index (χ2n) is 7.73. The molecular weight excluding hydrogens is 350 g/mol. The van der Waals surface area contributed by atoms with E-state index in [1.54, 1.807) is 0 Å². The van der Waals surface area contributed by atoms with E-state index in [9.17, 15) is 5.11 Å². The van der Waals surface area contributed by atoms with Gasteiger partial charge in [-0.25, -0.2) is 0 Å². The van der Waals surface area contributed by atoms with Gasteiger partial charge in [-0.05, 0) is 67.7 Å². The smallest absolute Gasteiger partial charge is 0.119 e. The summed E-state index contributed by atoms with van der Waals surface area (Å²) in [5, 5.41) is 13.8. The lowest BCUT2D eigenvalue weighted by Gasteiger charge is -2.23. The topological polar surface area (TPSA) is 57.6 Å². The molecule has 2 heterocycles. The summed E-state index contributed by atoms with van der Waals surface area (Å²) in [4.78, 5) is 6.49. The molecule has 1 aliphatic heterocycles. The van der Waals surface area contributed by atoms with Crippen molar-refractivity contribution < 1.29 is 9.84 Å². The van der Waals surface area contributed by atoms with Crippen LogP contribution in [0.1, 0.15) is 42.4 Å². The number of ether oxygens (including phenoxy) is 1. The fourth-order valence-electron chi connectivity index (χ4n) is 3.65. The van der Waals surface area contributed by atoms with Crippen LogP contribution in [0.15, 0.2) is 42.7 Å². The molecule has 5 heteroatoms. The molecule has 0 radical (unpaired) electrons. The molecule has 1 aromatic carbocycles. The lowest BCUT2D eigenvalue weighted by molar-refractivity contribution is 0.0693. The first-order valence-electron chi connectivity index (χ1n) is 10.4. The third kappa shape index (κ3) is 6.89. The molecule has 1 fully saturated rings. The Balaban J connectivity index is 1.42. The SMILES string of the molecule is Cc1cnccc1CNCc1cccc(OCC(O)CN2CCCCCC2)c1. The van der Waals surface area contributed by atoms with Crippen LogP contribution in [0.4, 0.5) is 0 Å². The summed E-state index contributed by atoms with van der Waals surface area (Å²) in [5.74, 6) is 0.814. The van der Waals surface area contributed by atoms with Crippen LogP contribution in [0.25, 0.3) is 0 Å². The van der Waals surface area contributed by atoms with E-state index in [2.05, 4.69) is 28.2 Å². The Hall–Kier alpha value is -1.95. The van der Waals surface area contributed by atoms with E-state index in [-0.39, 0.29) is 0 Å². The van der Waals surface area contributed by atoms with Crippen molar-refractivity contribution in [3.63, 3.8) is 0 Å². The Morgan fingerprint density at radius 1 is 1.14 bits per heavy atom. The van der Waals surface area contributed by atoms with Crippen LogP contribution in [0, 0.1) is 6.92 Å². The van der Waals surface area contributed by atoms with Crippen molar-refractivity contribution in [2.24, 2.45) is 0 Å². The minimum Gasteiger partial charge on any atom is -0.491 e. The number of hydrogen-bond donors (Lipinski definition) is 2. The highest BCUT2D eigenvalue weighted by molar-refractivity contribution is 5.28. The number of β-amino-alcohol motifs (C(OH)–C–C–N with tert-alkyl or cyclic N) is 1. The minimum absolute atomic E-state index is 0.337. The van der Waals surface area contributed by atoms with Gasteiger partial charge >= 0.3 is 0 Å². The van der Waals surface area contributed by atoms with E-state index >= 15 is 0 Å². The summed E-state index contributed by atoms with van der Waals surface area (Å²) in [6, 6.07) is 10.1. The number of aliphatic hydroxyl groups is 1. The zero-order chi connectivity index (χ0) is 19.6. The van der Waals surface area contributed by atoms with Crippen molar-refractivity contribution in [2.75, 3.05) is 26.2 Å². The first kappa shape index (κ1) is 20.8. The van der Waals surface area contributed by atoms with Crippen LogP contribution in [-0.4, -0.2) is 47.3 Å². The molecule has 2 aromatic rings. The lowest BCUT2D eigenvalue weighted by atomic mass is 10.1. The average molecular weight is 384 g/mol. The molecule has 0 spiro atoms. The molecule has 1 unspecified atom stereocenters. The maximum atomic E-state index is 10.3. The molecule has 1 atom stereocenters. The van der Waals surface area contributed by atoms with E-state index < -0.39 is 6.10 Å². The molecule has 0 aliphatic carbocycles. The third-order valence-electron chi connectivity index (χ3n) is 5.29. The van der Waals surface area contributed by atoms with E-state index in [0.717, 1.165) is 31.9 Å². The highest BCUT2D eigenvalue weighted by Crippen LogP contribution is 2.15. The van der Waals surface area contributed by atoms with Gasteiger partial charge in [0, 0.05) is 32.0 Å². The van der Waals surface area contributed by atoms with Gasteiger partial charge in [-0.3, -0.25) is 4.98 Å². The van der Waals surface area contributed by atoms with Crippen molar-refractivity contribution >= 4 is 0 Å². The van der Waals surface area contributed by atoms with Gasteiger partial charge in [-0.15, -0.1) is 0 Å². The molecule has 28 heavy (non-hydrogen) atoms. The van der Waals surface area contributed by atoms with Gasteiger partial charge in [0.15, 0.2) is 0 Å². The third-order valence-corrected chi connectivity index (χ3v) is 5.29. The Morgan fingerprint density at radius 3 is 2.75 bits per heavy atom. The fourth-order valence-corrected chi connectivity index (χ4v) is 3.65. The highest BCUT2D eigenvalue weighted by Gasteiger charge is 2.14. The Labute approximate surface area is 168 Å². The number of likely N-dealkylation sites (tertiary alicyclic amines) is 1. The first-order chi connectivity index (χ1) is 13.7. The molecular formula is C23H33N3O2. The summed E-state index contributed by atoms with van der Waals surface area (Å²) >= 11 is 0. The molecule has 0 bridgehead atoms. The van der Waals surface area contributed by atoms with Gasteiger partial charge in [0.1, 0.15) is 18.5 Å². The number of aromatic nitrogens is 1. The lowest BCUT2D eigenvalue weighted by Crippen LogP contribution is -2.36. The van der Waals surface area contributed by atoms with E-state index in [0.29, 0.717) is 13.2 Å². The maximum Gasteiger partial charge on any atom is 0.119 e. The molecule has 5 nitrogen and oxygen atoms in total. The molecule has 2 N–H and O–H groups in total. The van der Waals surface area contributed by atoms with Gasteiger partial charge in [0.2, 0.25) is 0 Å². The fraction of sp³-hybridized carbons (Fsp3) is 0.522. The molecule has 3 rings (SSSR count). The number of aryl methyl sites for hydroxylation is 1. The van der Waals surface area contributed by atoms with Crippen molar-refractivity contribution in [2.45, 2.75) is 51.8 Å². The first-order valence-corrected chi connectivity index (χ1v) is 10.4. The van der Waals surface area contributed by atoms with Gasteiger partial charge in [-0.1, -0.05) is 25.0 Å². The average Bonchev–Trinajstić information content (AvgIpc) is 2.97. The monoisotopic (exact) mass is 383 g/mol. The van der Waals surface area contributed by atoms with Gasteiger partial charge in [0.25, 0.3) is 0 Å². The van der Waals surface area contributed by atoms with Crippen molar-refractivity contribution in [1.29, 1.82) is 0 Å². The van der Waals surface area contributed by atoms with Crippen LogP contribution in [-0.2, 0) is 13.1 Å². The molecule has 0 amide bonds. The molecule has 1 saturated heterocycles. The number of rotatable bonds is 9. The number of hydrogen-bond acceptors (Lipinski definition) is 5.